The Kier molecular flexibility index (Phi) is 5.72. The van der Waals surface area contributed by atoms with Crippen molar-refractivity contribution < 1.29 is 13.2 Å². The maximum Gasteiger partial charge on any atom is 0.246 e. The van der Waals surface area contributed by atoms with E-state index in [9.17, 15) is 13.2 Å². The molecular weight excluding hydrogens is 362 g/mol. The van der Waals surface area contributed by atoms with Crippen LogP contribution in [-0.4, -0.2) is 54.7 Å². The van der Waals surface area contributed by atoms with Crippen molar-refractivity contribution in [1.29, 1.82) is 0 Å². The molecule has 6 nitrogen and oxygen atoms in total. The molecular formula is C20H23N3O3S. The highest BCUT2D eigenvalue weighted by atomic mass is 32.2. The molecule has 1 aliphatic heterocycles. The number of hydrogen-bond acceptors (Lipinski definition) is 4. The summed E-state index contributed by atoms with van der Waals surface area (Å²) in [6.45, 7) is 5.00. The summed E-state index contributed by atoms with van der Waals surface area (Å²) in [5.74, 6) is -0.135. The lowest BCUT2D eigenvalue weighted by Crippen LogP contribution is -2.50. The van der Waals surface area contributed by atoms with E-state index in [0.29, 0.717) is 36.8 Å². The van der Waals surface area contributed by atoms with Crippen LogP contribution in [0.25, 0.3) is 6.08 Å². The number of amides is 1. The lowest BCUT2D eigenvalue weighted by Gasteiger charge is -2.33. The Bertz CT molecular complexity index is 948. The topological polar surface area (TPSA) is 70.6 Å². The fraction of sp³-hybridized carbons (Fsp3) is 0.300. The second-order valence-corrected chi connectivity index (χ2v) is 8.49. The van der Waals surface area contributed by atoms with E-state index < -0.39 is 10.0 Å². The van der Waals surface area contributed by atoms with Crippen LogP contribution in [0, 0.1) is 13.8 Å². The van der Waals surface area contributed by atoms with Crippen LogP contribution in [0.5, 0.6) is 0 Å². The predicted molar refractivity (Wildman–Crippen MR) is 105 cm³/mol. The normalized spacial score (nSPS) is 16.0. The maximum atomic E-state index is 12.9. The van der Waals surface area contributed by atoms with Gasteiger partial charge in [0.25, 0.3) is 0 Å². The van der Waals surface area contributed by atoms with Gasteiger partial charge in [0.15, 0.2) is 0 Å². The van der Waals surface area contributed by atoms with E-state index in [0.717, 1.165) is 11.1 Å². The highest BCUT2D eigenvalue weighted by Gasteiger charge is 2.30. The Morgan fingerprint density at radius 3 is 2.48 bits per heavy atom. The highest BCUT2D eigenvalue weighted by Crippen LogP contribution is 2.22. The van der Waals surface area contributed by atoms with Gasteiger partial charge < -0.3 is 4.90 Å². The van der Waals surface area contributed by atoms with Crippen LogP contribution in [0.3, 0.4) is 0 Å². The van der Waals surface area contributed by atoms with Gasteiger partial charge in [0.1, 0.15) is 0 Å². The number of pyridine rings is 1. The Balaban J connectivity index is 1.65. The quantitative estimate of drug-likeness (QED) is 0.757. The SMILES string of the molecule is Cc1ccc(C)c(S(=O)(=O)N2CCN(C(=O)/C=C/c3ccccn3)CC2)c1. The Labute approximate surface area is 160 Å². The third-order valence-electron chi connectivity index (χ3n) is 4.60. The fourth-order valence-electron chi connectivity index (χ4n) is 3.01. The van der Waals surface area contributed by atoms with Crippen LogP contribution >= 0.6 is 0 Å². The zero-order valence-electron chi connectivity index (χ0n) is 15.5. The van der Waals surface area contributed by atoms with Crippen molar-refractivity contribution in [1.82, 2.24) is 14.2 Å². The molecule has 0 saturated carbocycles. The number of piperazine rings is 1. The maximum absolute atomic E-state index is 12.9. The van der Waals surface area contributed by atoms with E-state index in [2.05, 4.69) is 4.98 Å². The van der Waals surface area contributed by atoms with Gasteiger partial charge >= 0.3 is 0 Å². The number of carbonyl (C=O) groups excluding carboxylic acids is 1. The molecule has 1 aromatic carbocycles. The van der Waals surface area contributed by atoms with Crippen molar-refractivity contribution in [3.63, 3.8) is 0 Å². The van der Waals surface area contributed by atoms with Gasteiger partial charge in [-0.15, -0.1) is 0 Å². The molecule has 3 rings (SSSR count). The number of sulfonamides is 1. The van der Waals surface area contributed by atoms with Crippen molar-refractivity contribution in [2.24, 2.45) is 0 Å². The average molecular weight is 385 g/mol. The van der Waals surface area contributed by atoms with Crippen LogP contribution in [0.2, 0.25) is 0 Å². The van der Waals surface area contributed by atoms with Gasteiger partial charge in [-0.1, -0.05) is 18.2 Å². The van der Waals surface area contributed by atoms with Gasteiger partial charge in [-0.25, -0.2) is 8.42 Å². The van der Waals surface area contributed by atoms with Crippen LogP contribution < -0.4 is 0 Å². The molecule has 0 bridgehead atoms. The predicted octanol–water partition coefficient (Wildman–Crippen LogP) is 2.24. The molecule has 1 aromatic heterocycles. The molecule has 1 aliphatic rings. The molecule has 142 valence electrons. The highest BCUT2D eigenvalue weighted by molar-refractivity contribution is 7.89. The van der Waals surface area contributed by atoms with Gasteiger partial charge in [0, 0.05) is 38.5 Å². The van der Waals surface area contributed by atoms with Gasteiger partial charge in [0.05, 0.1) is 10.6 Å². The van der Waals surface area contributed by atoms with Crippen LogP contribution in [0.4, 0.5) is 0 Å². The molecule has 7 heteroatoms. The minimum absolute atomic E-state index is 0.135. The van der Waals surface area contributed by atoms with Gasteiger partial charge in [-0.2, -0.15) is 4.31 Å². The molecule has 0 radical (unpaired) electrons. The van der Waals surface area contributed by atoms with Crippen LogP contribution in [-0.2, 0) is 14.8 Å². The van der Waals surface area contributed by atoms with Gasteiger partial charge in [-0.05, 0) is 49.2 Å². The minimum atomic E-state index is -3.55. The summed E-state index contributed by atoms with van der Waals surface area (Å²) < 4.78 is 27.4. The Morgan fingerprint density at radius 2 is 1.81 bits per heavy atom. The lowest BCUT2D eigenvalue weighted by molar-refractivity contribution is -0.127. The lowest BCUT2D eigenvalue weighted by atomic mass is 10.2. The number of aryl methyl sites for hydroxylation is 2. The van der Waals surface area contributed by atoms with Crippen LogP contribution in [0.15, 0.2) is 53.6 Å². The van der Waals surface area contributed by atoms with Crippen molar-refractivity contribution in [3.8, 4) is 0 Å². The first-order valence-corrected chi connectivity index (χ1v) is 10.3. The van der Waals surface area contributed by atoms with E-state index in [1.807, 2.05) is 37.3 Å². The second kappa shape index (κ2) is 8.02. The molecule has 0 aliphatic carbocycles. The number of aromatic nitrogens is 1. The molecule has 1 saturated heterocycles. The van der Waals surface area contributed by atoms with E-state index in [1.54, 1.807) is 30.2 Å². The molecule has 2 aromatic rings. The first-order chi connectivity index (χ1) is 12.9. The third-order valence-corrected chi connectivity index (χ3v) is 6.64. The summed E-state index contributed by atoms with van der Waals surface area (Å²) in [5, 5.41) is 0. The van der Waals surface area contributed by atoms with Crippen molar-refractivity contribution in [2.75, 3.05) is 26.2 Å². The minimum Gasteiger partial charge on any atom is -0.337 e. The molecule has 0 spiro atoms. The summed E-state index contributed by atoms with van der Waals surface area (Å²) in [7, 11) is -3.55. The largest absolute Gasteiger partial charge is 0.337 e. The average Bonchev–Trinajstić information content (AvgIpc) is 2.68. The zero-order valence-corrected chi connectivity index (χ0v) is 16.3. The van der Waals surface area contributed by atoms with E-state index in [4.69, 9.17) is 0 Å². The van der Waals surface area contributed by atoms with E-state index >= 15 is 0 Å². The van der Waals surface area contributed by atoms with Gasteiger partial charge in [-0.3, -0.25) is 9.78 Å². The number of nitrogens with zero attached hydrogens (tertiary/aromatic N) is 3. The number of benzene rings is 1. The molecule has 0 N–H and O–H groups in total. The molecule has 0 atom stereocenters. The number of carbonyl (C=O) groups is 1. The summed E-state index contributed by atoms with van der Waals surface area (Å²) in [6.07, 6.45) is 4.82. The van der Waals surface area contributed by atoms with Crippen molar-refractivity contribution in [2.45, 2.75) is 18.7 Å². The zero-order chi connectivity index (χ0) is 19.4. The monoisotopic (exact) mass is 385 g/mol. The Hall–Kier alpha value is -2.51. The van der Waals surface area contributed by atoms with E-state index in [1.165, 1.54) is 10.4 Å². The summed E-state index contributed by atoms with van der Waals surface area (Å²) in [5.41, 5.74) is 2.35. The number of hydrogen-bond donors (Lipinski definition) is 0. The smallest absolute Gasteiger partial charge is 0.246 e. The van der Waals surface area contributed by atoms with Gasteiger partial charge in [0.2, 0.25) is 15.9 Å². The second-order valence-electron chi connectivity index (χ2n) is 6.59. The molecule has 27 heavy (non-hydrogen) atoms. The molecule has 1 fully saturated rings. The summed E-state index contributed by atoms with van der Waals surface area (Å²) in [6, 6.07) is 10.9. The van der Waals surface area contributed by atoms with E-state index in [-0.39, 0.29) is 5.91 Å². The first kappa shape index (κ1) is 19.3. The first-order valence-electron chi connectivity index (χ1n) is 8.83. The van der Waals surface area contributed by atoms with Crippen LogP contribution in [0.1, 0.15) is 16.8 Å². The standard InChI is InChI=1S/C20H23N3O3S/c1-16-6-7-17(2)19(15-16)27(25,26)23-13-11-22(12-14-23)20(24)9-8-18-5-3-4-10-21-18/h3-10,15H,11-14H2,1-2H3/b9-8+. The molecule has 2 heterocycles. The Morgan fingerprint density at radius 1 is 1.07 bits per heavy atom. The number of rotatable bonds is 4. The summed E-state index contributed by atoms with van der Waals surface area (Å²) in [4.78, 5) is 18.5. The van der Waals surface area contributed by atoms with Crippen molar-refractivity contribution in [3.05, 3.63) is 65.5 Å². The third kappa shape index (κ3) is 4.43. The summed E-state index contributed by atoms with van der Waals surface area (Å²) >= 11 is 0. The fourth-order valence-corrected chi connectivity index (χ4v) is 4.74. The molecule has 1 amide bonds. The van der Waals surface area contributed by atoms with Crippen molar-refractivity contribution >= 4 is 22.0 Å². The molecule has 0 unspecified atom stereocenters.